The van der Waals surface area contributed by atoms with Gasteiger partial charge in [0.2, 0.25) is 5.91 Å². The van der Waals surface area contributed by atoms with Crippen LogP contribution in [0.5, 0.6) is 0 Å². The maximum atomic E-state index is 13.1. The summed E-state index contributed by atoms with van der Waals surface area (Å²) in [4.78, 5) is 32.0. The number of para-hydroxylation sites is 1. The van der Waals surface area contributed by atoms with E-state index in [4.69, 9.17) is 0 Å². The quantitative estimate of drug-likeness (QED) is 0.823. The molecule has 3 amide bonds. The minimum absolute atomic E-state index is 0.0985. The largest absolute Gasteiger partial charge is 0.340 e. The number of hydrogen-bond donors (Lipinski definition) is 1. The Kier molecular flexibility index (Phi) is 6.87. The Morgan fingerprint density at radius 2 is 1.71 bits per heavy atom. The monoisotopic (exact) mass is 420 g/mol. The molecule has 1 N–H and O–H groups in total. The lowest BCUT2D eigenvalue weighted by molar-refractivity contribution is -0.138. The fourth-order valence-electron chi connectivity index (χ4n) is 4.54. The summed E-state index contributed by atoms with van der Waals surface area (Å²) in [5.41, 5.74) is 3.39. The highest BCUT2D eigenvalue weighted by Crippen LogP contribution is 2.21. The van der Waals surface area contributed by atoms with Crippen LogP contribution in [0.15, 0.2) is 54.6 Å². The van der Waals surface area contributed by atoms with Crippen LogP contribution >= 0.6 is 0 Å². The molecule has 2 aromatic carbocycles. The molecule has 1 atom stereocenters. The summed E-state index contributed by atoms with van der Waals surface area (Å²) in [5, 5.41) is 2.94. The number of urea groups is 1. The number of piperazine rings is 1. The molecule has 0 bridgehead atoms. The summed E-state index contributed by atoms with van der Waals surface area (Å²) < 4.78 is 0. The first kappa shape index (κ1) is 21.4. The number of carbonyl (C=O) groups is 2. The number of hydrogen-bond acceptors (Lipinski definition) is 3. The first-order valence-electron chi connectivity index (χ1n) is 11.3. The van der Waals surface area contributed by atoms with Crippen LogP contribution < -0.4 is 5.32 Å². The van der Waals surface area contributed by atoms with Crippen molar-refractivity contribution in [3.8, 4) is 0 Å². The molecule has 2 saturated heterocycles. The van der Waals surface area contributed by atoms with Gasteiger partial charge in [-0.3, -0.25) is 9.69 Å². The van der Waals surface area contributed by atoms with E-state index in [0.29, 0.717) is 13.1 Å². The molecule has 31 heavy (non-hydrogen) atoms. The lowest BCUT2D eigenvalue weighted by atomic mass is 9.96. The van der Waals surface area contributed by atoms with Gasteiger partial charge in [-0.2, -0.15) is 0 Å². The average molecular weight is 421 g/mol. The number of nitrogens with one attached hydrogen (secondary N) is 1. The average Bonchev–Trinajstić information content (AvgIpc) is 2.80. The molecule has 164 valence electrons. The van der Waals surface area contributed by atoms with E-state index in [1.165, 1.54) is 11.1 Å². The predicted molar refractivity (Wildman–Crippen MR) is 123 cm³/mol. The van der Waals surface area contributed by atoms with Crippen LogP contribution in [0.2, 0.25) is 0 Å². The van der Waals surface area contributed by atoms with Crippen LogP contribution in [0.1, 0.15) is 24.0 Å². The van der Waals surface area contributed by atoms with Crippen LogP contribution in [-0.4, -0.2) is 65.9 Å². The third kappa shape index (κ3) is 5.64. The predicted octanol–water partition coefficient (Wildman–Crippen LogP) is 3.58. The molecule has 2 fully saturated rings. The van der Waals surface area contributed by atoms with Crippen LogP contribution in [0.3, 0.4) is 0 Å². The van der Waals surface area contributed by atoms with Crippen molar-refractivity contribution >= 4 is 17.6 Å². The fourth-order valence-corrected chi connectivity index (χ4v) is 4.54. The lowest BCUT2D eigenvalue weighted by Gasteiger charge is -2.39. The van der Waals surface area contributed by atoms with Gasteiger partial charge in [0.05, 0.1) is 5.92 Å². The summed E-state index contributed by atoms with van der Waals surface area (Å²) >= 11 is 0. The number of aryl methyl sites for hydroxylation is 1. The number of amides is 3. The Morgan fingerprint density at radius 1 is 0.935 bits per heavy atom. The van der Waals surface area contributed by atoms with E-state index in [2.05, 4.69) is 41.4 Å². The SMILES string of the molecule is Cc1cccc(CN2CCN(C(=O)C3CCCN(C(=O)Nc4ccccc4)C3)CC2)c1. The normalized spacial score (nSPS) is 19.8. The maximum absolute atomic E-state index is 13.1. The van der Waals surface area contributed by atoms with E-state index in [1.54, 1.807) is 4.90 Å². The van der Waals surface area contributed by atoms with Gasteiger partial charge in [0.25, 0.3) is 0 Å². The first-order valence-corrected chi connectivity index (χ1v) is 11.3. The number of nitrogens with zero attached hydrogens (tertiary/aromatic N) is 3. The smallest absolute Gasteiger partial charge is 0.321 e. The van der Waals surface area contributed by atoms with Gasteiger partial charge in [0, 0.05) is 51.5 Å². The fraction of sp³-hybridized carbons (Fsp3) is 0.440. The number of anilines is 1. The molecular weight excluding hydrogens is 388 g/mol. The molecule has 0 aliphatic carbocycles. The third-order valence-electron chi connectivity index (χ3n) is 6.26. The molecule has 6 heteroatoms. The first-order chi connectivity index (χ1) is 15.1. The molecule has 6 nitrogen and oxygen atoms in total. The van der Waals surface area contributed by atoms with Gasteiger partial charge in [-0.1, -0.05) is 48.0 Å². The van der Waals surface area contributed by atoms with Crippen molar-refractivity contribution in [2.24, 2.45) is 5.92 Å². The number of carbonyl (C=O) groups excluding carboxylic acids is 2. The number of benzene rings is 2. The second-order valence-corrected chi connectivity index (χ2v) is 8.67. The highest BCUT2D eigenvalue weighted by Gasteiger charge is 2.32. The highest BCUT2D eigenvalue weighted by molar-refractivity contribution is 5.90. The summed E-state index contributed by atoms with van der Waals surface area (Å²) in [6.07, 6.45) is 1.73. The van der Waals surface area contributed by atoms with Crippen molar-refractivity contribution in [1.29, 1.82) is 0 Å². The van der Waals surface area contributed by atoms with Gasteiger partial charge < -0.3 is 15.1 Å². The molecule has 0 spiro atoms. The zero-order chi connectivity index (χ0) is 21.6. The van der Waals surface area contributed by atoms with Crippen molar-refractivity contribution in [2.75, 3.05) is 44.6 Å². The molecule has 0 aromatic heterocycles. The van der Waals surface area contributed by atoms with Crippen molar-refractivity contribution in [3.63, 3.8) is 0 Å². The molecule has 2 aliphatic rings. The summed E-state index contributed by atoms with van der Waals surface area (Å²) in [6, 6.07) is 18.0. The minimum Gasteiger partial charge on any atom is -0.340 e. The Bertz CT molecular complexity index is 893. The molecule has 0 radical (unpaired) electrons. The Balaban J connectivity index is 1.27. The van der Waals surface area contributed by atoms with Gasteiger partial charge in [0.1, 0.15) is 0 Å². The second kappa shape index (κ2) is 9.96. The van der Waals surface area contributed by atoms with Crippen LogP contribution in [0.25, 0.3) is 0 Å². The number of likely N-dealkylation sites (tertiary alicyclic amines) is 1. The molecule has 0 saturated carbocycles. The van der Waals surface area contributed by atoms with E-state index in [1.807, 2.05) is 35.2 Å². The van der Waals surface area contributed by atoms with E-state index >= 15 is 0 Å². The molecule has 2 aliphatic heterocycles. The van der Waals surface area contributed by atoms with Gasteiger partial charge >= 0.3 is 6.03 Å². The zero-order valence-corrected chi connectivity index (χ0v) is 18.3. The van der Waals surface area contributed by atoms with Crippen molar-refractivity contribution in [1.82, 2.24) is 14.7 Å². The summed E-state index contributed by atoms with van der Waals surface area (Å²) in [6.45, 7) is 7.56. The highest BCUT2D eigenvalue weighted by atomic mass is 16.2. The van der Waals surface area contributed by atoms with Gasteiger partial charge in [0.15, 0.2) is 0 Å². The molecule has 2 heterocycles. The Morgan fingerprint density at radius 3 is 2.45 bits per heavy atom. The summed E-state index contributed by atoms with van der Waals surface area (Å²) in [5.74, 6) is 0.103. The van der Waals surface area contributed by atoms with Gasteiger partial charge in [-0.25, -0.2) is 4.79 Å². The number of rotatable bonds is 4. The van der Waals surface area contributed by atoms with Crippen LogP contribution in [0.4, 0.5) is 10.5 Å². The Hall–Kier alpha value is -2.86. The van der Waals surface area contributed by atoms with Crippen LogP contribution in [0, 0.1) is 12.8 Å². The topological polar surface area (TPSA) is 55.9 Å². The van der Waals surface area contributed by atoms with Crippen LogP contribution in [-0.2, 0) is 11.3 Å². The van der Waals surface area contributed by atoms with E-state index in [-0.39, 0.29) is 17.9 Å². The zero-order valence-electron chi connectivity index (χ0n) is 18.3. The van der Waals surface area contributed by atoms with Gasteiger partial charge in [-0.05, 0) is 37.5 Å². The third-order valence-corrected chi connectivity index (χ3v) is 6.26. The Labute approximate surface area is 184 Å². The van der Waals surface area contributed by atoms with Crippen molar-refractivity contribution < 1.29 is 9.59 Å². The van der Waals surface area contributed by atoms with Crippen molar-refractivity contribution in [3.05, 3.63) is 65.7 Å². The van der Waals surface area contributed by atoms with E-state index in [0.717, 1.165) is 51.3 Å². The summed E-state index contributed by atoms with van der Waals surface area (Å²) in [7, 11) is 0. The molecule has 4 rings (SSSR count). The molecule has 2 aromatic rings. The van der Waals surface area contributed by atoms with E-state index < -0.39 is 0 Å². The second-order valence-electron chi connectivity index (χ2n) is 8.67. The minimum atomic E-state index is -0.119. The van der Waals surface area contributed by atoms with E-state index in [9.17, 15) is 9.59 Å². The standard InChI is InChI=1S/C25H32N4O2/c1-20-7-5-8-21(17-20)18-27-13-15-28(16-14-27)24(30)22-9-6-12-29(19-22)25(31)26-23-10-3-2-4-11-23/h2-5,7-8,10-11,17,22H,6,9,12-16,18-19H2,1H3,(H,26,31). The number of piperidine rings is 1. The molecular formula is C25H32N4O2. The van der Waals surface area contributed by atoms with Crippen molar-refractivity contribution in [2.45, 2.75) is 26.3 Å². The van der Waals surface area contributed by atoms with Gasteiger partial charge in [-0.15, -0.1) is 0 Å². The maximum Gasteiger partial charge on any atom is 0.321 e. The molecule has 1 unspecified atom stereocenters. The lowest BCUT2D eigenvalue weighted by Crippen LogP contribution is -2.53.